The van der Waals surface area contributed by atoms with E-state index in [-0.39, 0.29) is 17.2 Å². The summed E-state index contributed by atoms with van der Waals surface area (Å²) in [6.45, 7) is 0. The Balaban J connectivity index is 2.00. The van der Waals surface area contributed by atoms with E-state index in [0.717, 1.165) is 5.56 Å². The number of nitrogens with zero attached hydrogens (tertiary/aromatic N) is 1. The van der Waals surface area contributed by atoms with Crippen molar-refractivity contribution in [1.82, 2.24) is 0 Å². The van der Waals surface area contributed by atoms with Crippen molar-refractivity contribution < 1.29 is 9.53 Å². The van der Waals surface area contributed by atoms with Crippen molar-refractivity contribution in [1.29, 1.82) is 5.26 Å². The zero-order valence-corrected chi connectivity index (χ0v) is 15.1. The number of nitrogens with two attached hydrogens (primary N) is 1. The van der Waals surface area contributed by atoms with Crippen LogP contribution in [0.1, 0.15) is 27.4 Å². The Bertz CT molecular complexity index is 1070. The van der Waals surface area contributed by atoms with Gasteiger partial charge >= 0.3 is 0 Å². The smallest absolute Gasteiger partial charge is 0.212 e. The van der Waals surface area contributed by atoms with Gasteiger partial charge < -0.3 is 10.5 Å². The summed E-state index contributed by atoms with van der Waals surface area (Å²) in [5, 5.41) is 9.82. The van der Waals surface area contributed by atoms with E-state index >= 15 is 0 Å². The van der Waals surface area contributed by atoms with Gasteiger partial charge in [0.15, 0.2) is 0 Å². The van der Waals surface area contributed by atoms with Crippen LogP contribution in [0.5, 0.6) is 0 Å². The highest BCUT2D eigenvalue weighted by molar-refractivity contribution is 6.04. The van der Waals surface area contributed by atoms with Gasteiger partial charge in [0.25, 0.3) is 0 Å². The summed E-state index contributed by atoms with van der Waals surface area (Å²) >= 11 is 0. The molecule has 3 aromatic rings. The molecule has 3 aromatic carbocycles. The predicted molar refractivity (Wildman–Crippen MR) is 106 cm³/mol. The first kappa shape index (κ1) is 17.6. The summed E-state index contributed by atoms with van der Waals surface area (Å²) in [5.74, 6) is -0.889. The van der Waals surface area contributed by atoms with Crippen LogP contribution in [0.2, 0.25) is 0 Å². The van der Waals surface area contributed by atoms with E-state index in [1.165, 1.54) is 0 Å². The Kier molecular flexibility index (Phi) is 4.42. The molecule has 0 bridgehead atoms. The van der Waals surface area contributed by atoms with Gasteiger partial charge in [-0.2, -0.15) is 5.26 Å². The fourth-order valence-electron chi connectivity index (χ4n) is 3.82. The molecule has 0 aliphatic carbocycles. The Morgan fingerprint density at radius 3 is 2.00 bits per heavy atom. The summed E-state index contributed by atoms with van der Waals surface area (Å²) in [5.41, 5.74) is 6.90. The molecule has 28 heavy (non-hydrogen) atoms. The molecule has 1 aliphatic heterocycles. The summed E-state index contributed by atoms with van der Waals surface area (Å²) in [6.07, 6.45) is 0. The molecule has 2 N–H and O–H groups in total. The number of ketones is 1. The first-order valence-corrected chi connectivity index (χ1v) is 8.97. The maximum absolute atomic E-state index is 13.8. The first-order chi connectivity index (χ1) is 13.7. The van der Waals surface area contributed by atoms with Crippen LogP contribution < -0.4 is 5.73 Å². The van der Waals surface area contributed by atoms with Crippen molar-refractivity contribution in [3.05, 3.63) is 119 Å². The number of carbonyl (C=O) groups is 1. The average molecular weight is 366 g/mol. The number of hydrogen-bond acceptors (Lipinski definition) is 4. The van der Waals surface area contributed by atoms with Crippen molar-refractivity contribution in [3.8, 4) is 6.07 Å². The van der Waals surface area contributed by atoms with Gasteiger partial charge in [-0.15, -0.1) is 0 Å². The molecular formula is C24H18N2O2. The topological polar surface area (TPSA) is 76.1 Å². The van der Waals surface area contributed by atoms with Crippen molar-refractivity contribution in [3.63, 3.8) is 0 Å². The van der Waals surface area contributed by atoms with Crippen LogP contribution >= 0.6 is 0 Å². The molecule has 1 aliphatic rings. The number of Topliss-reactive ketones (excluding diaryl/α,β-unsaturated/α-hetero) is 1. The molecule has 0 aromatic heterocycles. The van der Waals surface area contributed by atoms with Crippen molar-refractivity contribution >= 4 is 5.78 Å². The third-order valence-electron chi connectivity index (χ3n) is 5.06. The molecule has 0 radical (unpaired) electrons. The lowest BCUT2D eigenvalue weighted by Gasteiger charge is -2.34. The Hall–Kier alpha value is -3.84. The minimum absolute atomic E-state index is 0.00973. The molecule has 1 heterocycles. The van der Waals surface area contributed by atoms with Gasteiger partial charge in [-0.1, -0.05) is 91.0 Å². The normalized spacial score (nSPS) is 21.0. The first-order valence-electron chi connectivity index (χ1n) is 8.97. The molecule has 0 saturated heterocycles. The lowest BCUT2D eigenvalue weighted by atomic mass is 9.71. The number of hydrogen-bond donors (Lipinski definition) is 1. The highest BCUT2D eigenvalue weighted by atomic mass is 16.5. The second-order valence-corrected chi connectivity index (χ2v) is 6.63. The van der Waals surface area contributed by atoms with Crippen LogP contribution in [0, 0.1) is 11.3 Å². The average Bonchev–Trinajstić information content (AvgIpc) is 3.08. The summed E-state index contributed by atoms with van der Waals surface area (Å²) in [7, 11) is 0. The molecule has 2 atom stereocenters. The summed E-state index contributed by atoms with van der Waals surface area (Å²) in [6, 6.07) is 29.8. The van der Waals surface area contributed by atoms with E-state index in [4.69, 9.17) is 10.5 Å². The molecule has 0 saturated carbocycles. The lowest BCUT2D eigenvalue weighted by molar-refractivity contribution is 0.0136. The number of benzene rings is 3. The third-order valence-corrected chi connectivity index (χ3v) is 5.06. The Morgan fingerprint density at radius 2 is 1.43 bits per heavy atom. The van der Waals surface area contributed by atoms with Gasteiger partial charge in [0, 0.05) is 11.1 Å². The van der Waals surface area contributed by atoms with Crippen molar-refractivity contribution in [2.75, 3.05) is 0 Å². The van der Waals surface area contributed by atoms with Crippen LogP contribution in [0.4, 0.5) is 0 Å². The van der Waals surface area contributed by atoms with Gasteiger partial charge in [-0.3, -0.25) is 4.79 Å². The van der Waals surface area contributed by atoms with Gasteiger partial charge in [-0.05, 0) is 5.56 Å². The minimum atomic E-state index is -1.45. The highest BCUT2D eigenvalue weighted by Gasteiger charge is 2.57. The zero-order valence-electron chi connectivity index (χ0n) is 15.1. The number of rotatable bonds is 4. The molecule has 0 fully saturated rings. The van der Waals surface area contributed by atoms with Gasteiger partial charge in [0.1, 0.15) is 11.6 Å². The quantitative estimate of drug-likeness (QED) is 0.700. The van der Waals surface area contributed by atoms with E-state index in [0.29, 0.717) is 11.1 Å². The molecule has 4 rings (SSSR count). The second-order valence-electron chi connectivity index (χ2n) is 6.63. The third kappa shape index (κ3) is 2.65. The van der Waals surface area contributed by atoms with Crippen molar-refractivity contribution in [2.24, 2.45) is 5.73 Å². The number of nitriles is 1. The molecule has 136 valence electrons. The van der Waals surface area contributed by atoms with E-state index < -0.39 is 11.5 Å². The maximum atomic E-state index is 13.8. The molecule has 0 amide bonds. The van der Waals surface area contributed by atoms with E-state index in [2.05, 4.69) is 6.07 Å². The Morgan fingerprint density at radius 1 is 0.893 bits per heavy atom. The van der Waals surface area contributed by atoms with Crippen LogP contribution in [0.15, 0.2) is 102 Å². The highest BCUT2D eigenvalue weighted by Crippen LogP contribution is 2.52. The maximum Gasteiger partial charge on any atom is 0.212 e. The molecule has 4 heteroatoms. The van der Waals surface area contributed by atoms with Crippen molar-refractivity contribution in [2.45, 2.75) is 11.5 Å². The number of ether oxygens (including phenoxy) is 1. The van der Waals surface area contributed by atoms with Crippen LogP contribution in [0.3, 0.4) is 0 Å². The summed E-state index contributed by atoms with van der Waals surface area (Å²) in [4.78, 5) is 13.8. The SMILES string of the molecule is N#CC1=C(N)O[C@@](C(=O)c2ccccc2)(c2ccccc2)[C@H]1c1ccccc1. The van der Waals surface area contributed by atoms with Gasteiger partial charge in [-0.25, -0.2) is 0 Å². The van der Waals surface area contributed by atoms with E-state index in [1.54, 1.807) is 24.3 Å². The summed E-state index contributed by atoms with van der Waals surface area (Å²) < 4.78 is 6.11. The molecule has 4 nitrogen and oxygen atoms in total. The fraction of sp³-hybridized carbons (Fsp3) is 0.0833. The standard InChI is InChI=1S/C24H18N2O2/c25-16-20-21(17-10-4-1-5-11-17)24(28-23(20)26,19-14-8-3-9-15-19)22(27)18-12-6-2-7-13-18/h1-15,21H,26H2/t21-,24-/m0/s1. The second kappa shape index (κ2) is 7.05. The van der Waals surface area contributed by atoms with Gasteiger partial charge in [0.05, 0.1) is 5.92 Å². The van der Waals surface area contributed by atoms with Crippen LogP contribution in [-0.4, -0.2) is 5.78 Å². The molecule has 0 spiro atoms. The van der Waals surface area contributed by atoms with Crippen LogP contribution in [-0.2, 0) is 10.3 Å². The molecule has 0 unspecified atom stereocenters. The largest absolute Gasteiger partial charge is 0.458 e. The lowest BCUT2D eigenvalue weighted by Crippen LogP contribution is -2.41. The monoisotopic (exact) mass is 366 g/mol. The van der Waals surface area contributed by atoms with Gasteiger partial charge in [0.2, 0.25) is 17.3 Å². The molecular weight excluding hydrogens is 348 g/mol. The van der Waals surface area contributed by atoms with Crippen LogP contribution in [0.25, 0.3) is 0 Å². The van der Waals surface area contributed by atoms with E-state index in [1.807, 2.05) is 66.7 Å². The predicted octanol–water partition coefficient (Wildman–Crippen LogP) is 4.27. The van der Waals surface area contributed by atoms with E-state index in [9.17, 15) is 10.1 Å². The minimum Gasteiger partial charge on any atom is -0.458 e. The number of carbonyl (C=O) groups excluding carboxylic acids is 1. The Labute approximate surface area is 163 Å². The fourth-order valence-corrected chi connectivity index (χ4v) is 3.82. The zero-order chi connectivity index (χ0) is 19.6.